The lowest BCUT2D eigenvalue weighted by atomic mass is 10.2. The Morgan fingerprint density at radius 1 is 1.29 bits per heavy atom. The SMILES string of the molecule is Cc1nc(-c2ccc(F)cc2)sc1CCCO. The molecule has 0 amide bonds. The van der Waals surface area contributed by atoms with E-state index in [-0.39, 0.29) is 12.4 Å². The fourth-order valence-corrected chi connectivity index (χ4v) is 2.73. The van der Waals surface area contributed by atoms with Gasteiger partial charge in [0.05, 0.1) is 5.69 Å². The zero-order chi connectivity index (χ0) is 12.3. The monoisotopic (exact) mass is 251 g/mol. The number of halogens is 1. The van der Waals surface area contributed by atoms with Crippen molar-refractivity contribution in [3.05, 3.63) is 40.7 Å². The van der Waals surface area contributed by atoms with Gasteiger partial charge in [0.2, 0.25) is 0 Å². The summed E-state index contributed by atoms with van der Waals surface area (Å²) in [5.41, 5.74) is 1.94. The first-order valence-electron chi connectivity index (χ1n) is 5.54. The normalized spacial score (nSPS) is 10.8. The minimum Gasteiger partial charge on any atom is -0.396 e. The van der Waals surface area contributed by atoms with Gasteiger partial charge in [0.15, 0.2) is 0 Å². The molecule has 4 heteroatoms. The Morgan fingerprint density at radius 2 is 2.00 bits per heavy atom. The van der Waals surface area contributed by atoms with Gasteiger partial charge in [0.25, 0.3) is 0 Å². The number of hydrogen-bond acceptors (Lipinski definition) is 3. The van der Waals surface area contributed by atoms with Crippen molar-refractivity contribution in [1.82, 2.24) is 4.98 Å². The van der Waals surface area contributed by atoms with E-state index in [1.54, 1.807) is 23.5 Å². The highest BCUT2D eigenvalue weighted by Crippen LogP contribution is 2.28. The molecule has 2 rings (SSSR count). The van der Waals surface area contributed by atoms with Crippen LogP contribution in [0.3, 0.4) is 0 Å². The summed E-state index contributed by atoms with van der Waals surface area (Å²) in [6.07, 6.45) is 1.60. The van der Waals surface area contributed by atoms with Crippen LogP contribution in [0.5, 0.6) is 0 Å². The van der Waals surface area contributed by atoms with Crippen molar-refractivity contribution in [2.24, 2.45) is 0 Å². The van der Waals surface area contributed by atoms with Crippen LogP contribution >= 0.6 is 11.3 Å². The molecule has 0 aliphatic rings. The summed E-state index contributed by atoms with van der Waals surface area (Å²) in [4.78, 5) is 5.67. The van der Waals surface area contributed by atoms with E-state index in [0.29, 0.717) is 0 Å². The van der Waals surface area contributed by atoms with E-state index in [1.165, 1.54) is 17.0 Å². The van der Waals surface area contributed by atoms with Crippen LogP contribution in [0.2, 0.25) is 0 Å². The smallest absolute Gasteiger partial charge is 0.123 e. The lowest BCUT2D eigenvalue weighted by molar-refractivity contribution is 0.289. The van der Waals surface area contributed by atoms with Crippen molar-refractivity contribution in [3.8, 4) is 10.6 Å². The van der Waals surface area contributed by atoms with Crippen LogP contribution in [0.25, 0.3) is 10.6 Å². The van der Waals surface area contributed by atoms with Crippen LogP contribution in [0, 0.1) is 12.7 Å². The van der Waals surface area contributed by atoms with Gasteiger partial charge in [-0.2, -0.15) is 0 Å². The number of thiazole rings is 1. The Balaban J connectivity index is 2.24. The number of benzene rings is 1. The zero-order valence-electron chi connectivity index (χ0n) is 9.61. The Morgan fingerprint density at radius 3 is 2.65 bits per heavy atom. The highest BCUT2D eigenvalue weighted by atomic mass is 32.1. The predicted molar refractivity (Wildman–Crippen MR) is 67.7 cm³/mol. The number of aryl methyl sites for hydroxylation is 2. The van der Waals surface area contributed by atoms with Crippen LogP contribution in [0.15, 0.2) is 24.3 Å². The van der Waals surface area contributed by atoms with Gasteiger partial charge < -0.3 is 5.11 Å². The van der Waals surface area contributed by atoms with E-state index in [2.05, 4.69) is 4.98 Å². The average Bonchev–Trinajstić information content (AvgIpc) is 2.69. The van der Waals surface area contributed by atoms with Crippen molar-refractivity contribution >= 4 is 11.3 Å². The molecule has 0 saturated carbocycles. The van der Waals surface area contributed by atoms with Gasteiger partial charge in [0, 0.05) is 17.0 Å². The number of aromatic nitrogens is 1. The van der Waals surface area contributed by atoms with Crippen molar-refractivity contribution in [3.63, 3.8) is 0 Å². The molecule has 0 atom stereocenters. The molecule has 2 nitrogen and oxygen atoms in total. The molecular weight excluding hydrogens is 237 g/mol. The van der Waals surface area contributed by atoms with Crippen molar-refractivity contribution < 1.29 is 9.50 Å². The third-order valence-corrected chi connectivity index (χ3v) is 3.81. The summed E-state index contributed by atoms with van der Waals surface area (Å²) in [5.74, 6) is -0.234. The standard InChI is InChI=1S/C13H14FNOS/c1-9-12(3-2-8-16)17-13(15-9)10-4-6-11(14)7-5-10/h4-7,16H,2-3,8H2,1H3. The van der Waals surface area contributed by atoms with Gasteiger partial charge >= 0.3 is 0 Å². The van der Waals surface area contributed by atoms with Gasteiger partial charge in [-0.05, 0) is 44.0 Å². The quantitative estimate of drug-likeness (QED) is 0.905. The average molecular weight is 251 g/mol. The molecule has 90 valence electrons. The molecule has 0 fully saturated rings. The van der Waals surface area contributed by atoms with E-state index in [4.69, 9.17) is 5.11 Å². The molecule has 0 spiro atoms. The molecule has 0 saturated heterocycles. The highest BCUT2D eigenvalue weighted by Gasteiger charge is 2.09. The third kappa shape index (κ3) is 2.90. The lowest BCUT2D eigenvalue weighted by Gasteiger charge is -1.95. The molecule has 0 bridgehead atoms. The van der Waals surface area contributed by atoms with Gasteiger partial charge in [0.1, 0.15) is 10.8 Å². The summed E-state index contributed by atoms with van der Waals surface area (Å²) in [6.45, 7) is 2.17. The summed E-state index contributed by atoms with van der Waals surface area (Å²) in [6, 6.07) is 6.37. The maximum Gasteiger partial charge on any atom is 0.123 e. The van der Waals surface area contributed by atoms with Crippen LogP contribution in [-0.4, -0.2) is 16.7 Å². The molecule has 0 radical (unpaired) electrons. The topological polar surface area (TPSA) is 33.1 Å². The molecular formula is C13H14FNOS. The molecule has 0 unspecified atom stereocenters. The maximum atomic E-state index is 12.8. The molecule has 2 aromatic rings. The molecule has 1 heterocycles. The summed E-state index contributed by atoms with van der Waals surface area (Å²) >= 11 is 1.61. The maximum absolute atomic E-state index is 12.8. The van der Waals surface area contributed by atoms with E-state index in [9.17, 15) is 4.39 Å². The Kier molecular flexibility index (Phi) is 3.86. The van der Waals surface area contributed by atoms with Gasteiger partial charge in [-0.25, -0.2) is 9.37 Å². The first-order chi connectivity index (χ1) is 8.20. The molecule has 0 aliphatic heterocycles. The number of hydrogen-bond donors (Lipinski definition) is 1. The molecule has 17 heavy (non-hydrogen) atoms. The predicted octanol–water partition coefficient (Wildman–Crippen LogP) is 3.18. The molecule has 1 aromatic heterocycles. The fourth-order valence-electron chi connectivity index (χ4n) is 1.62. The van der Waals surface area contributed by atoms with E-state index in [0.717, 1.165) is 29.1 Å². The number of nitrogens with zero attached hydrogens (tertiary/aromatic N) is 1. The van der Waals surface area contributed by atoms with E-state index >= 15 is 0 Å². The van der Waals surface area contributed by atoms with Crippen LogP contribution in [-0.2, 0) is 6.42 Å². The largest absolute Gasteiger partial charge is 0.396 e. The zero-order valence-corrected chi connectivity index (χ0v) is 10.4. The second-order valence-electron chi connectivity index (χ2n) is 3.86. The minimum atomic E-state index is -0.234. The number of aliphatic hydroxyl groups is 1. The molecule has 0 aliphatic carbocycles. The third-order valence-electron chi connectivity index (χ3n) is 2.55. The van der Waals surface area contributed by atoms with Gasteiger partial charge in [-0.3, -0.25) is 0 Å². The van der Waals surface area contributed by atoms with Crippen LogP contribution in [0.1, 0.15) is 17.0 Å². The second-order valence-corrected chi connectivity index (χ2v) is 4.95. The summed E-state index contributed by atoms with van der Waals surface area (Å²) < 4.78 is 12.8. The van der Waals surface area contributed by atoms with Gasteiger partial charge in [-0.15, -0.1) is 11.3 Å². The van der Waals surface area contributed by atoms with Crippen LogP contribution in [0.4, 0.5) is 4.39 Å². The first kappa shape index (κ1) is 12.2. The highest BCUT2D eigenvalue weighted by molar-refractivity contribution is 7.15. The Hall–Kier alpha value is -1.26. The number of rotatable bonds is 4. The summed E-state index contributed by atoms with van der Waals surface area (Å²) in [5, 5.41) is 9.73. The number of aliphatic hydroxyl groups excluding tert-OH is 1. The molecule has 1 N–H and O–H groups in total. The first-order valence-corrected chi connectivity index (χ1v) is 6.35. The van der Waals surface area contributed by atoms with E-state index < -0.39 is 0 Å². The van der Waals surface area contributed by atoms with Crippen LogP contribution < -0.4 is 0 Å². The fraction of sp³-hybridized carbons (Fsp3) is 0.308. The Labute approximate surface area is 104 Å². The van der Waals surface area contributed by atoms with Crippen molar-refractivity contribution in [2.45, 2.75) is 19.8 Å². The van der Waals surface area contributed by atoms with E-state index in [1.807, 2.05) is 6.92 Å². The second kappa shape index (κ2) is 5.38. The lowest BCUT2D eigenvalue weighted by Crippen LogP contribution is -1.88. The summed E-state index contributed by atoms with van der Waals surface area (Å²) in [7, 11) is 0. The van der Waals surface area contributed by atoms with Crippen molar-refractivity contribution in [1.29, 1.82) is 0 Å². The molecule has 1 aromatic carbocycles. The van der Waals surface area contributed by atoms with Crippen molar-refractivity contribution in [2.75, 3.05) is 6.61 Å². The Bertz CT molecular complexity index is 493. The minimum absolute atomic E-state index is 0.198. The van der Waals surface area contributed by atoms with Gasteiger partial charge in [-0.1, -0.05) is 0 Å².